The summed E-state index contributed by atoms with van der Waals surface area (Å²) in [5.74, 6) is -3.90. The lowest BCUT2D eigenvalue weighted by atomic mass is 9.77. The molecule has 1 spiro atoms. The number of rotatable bonds is 4. The highest BCUT2D eigenvalue weighted by molar-refractivity contribution is 6.37. The minimum absolute atomic E-state index is 0.188. The van der Waals surface area contributed by atoms with Crippen LogP contribution in [0, 0.1) is 11.8 Å². The predicted octanol–water partition coefficient (Wildman–Crippen LogP) is 3.40. The number of ketones is 2. The Bertz CT molecular complexity index is 1410. The number of fused-ring (bicyclic) bond motifs is 3. The van der Waals surface area contributed by atoms with Gasteiger partial charge in [0.05, 0.1) is 37.8 Å². The van der Waals surface area contributed by atoms with Crippen LogP contribution in [0.4, 0.5) is 5.69 Å². The highest BCUT2D eigenvalue weighted by atomic mass is 16.5. The number of amides is 2. The van der Waals surface area contributed by atoms with E-state index >= 15 is 0 Å². The fourth-order valence-corrected chi connectivity index (χ4v) is 5.68. The smallest absolute Gasteiger partial charge is 0.241 e. The predicted molar refractivity (Wildman–Crippen MR) is 127 cm³/mol. The topological polar surface area (TPSA) is 99.2 Å². The van der Waals surface area contributed by atoms with Crippen LogP contribution in [0.15, 0.2) is 72.8 Å². The maximum atomic E-state index is 13.9. The van der Waals surface area contributed by atoms with Crippen LogP contribution in [0.2, 0.25) is 0 Å². The first-order valence-corrected chi connectivity index (χ1v) is 11.4. The summed E-state index contributed by atoms with van der Waals surface area (Å²) >= 11 is 0. The minimum atomic E-state index is -2.12. The molecule has 3 atom stereocenters. The summed E-state index contributed by atoms with van der Waals surface area (Å²) < 4.78 is 17.0. The number of hydrogen-bond acceptors (Lipinski definition) is 7. The van der Waals surface area contributed by atoms with Crippen molar-refractivity contribution in [2.24, 2.45) is 11.8 Å². The van der Waals surface area contributed by atoms with Crippen LogP contribution in [0.1, 0.15) is 32.4 Å². The minimum Gasteiger partial charge on any atom is -0.493 e. The molecule has 3 aromatic rings. The van der Waals surface area contributed by atoms with Crippen molar-refractivity contribution < 1.29 is 33.4 Å². The number of Topliss-reactive ketones (excluding diaryl/α,β-unsaturated/α-hetero) is 2. The third kappa shape index (κ3) is 2.73. The Balaban J connectivity index is 1.54. The van der Waals surface area contributed by atoms with Gasteiger partial charge in [-0.2, -0.15) is 0 Å². The summed E-state index contributed by atoms with van der Waals surface area (Å²) in [6, 6.07) is 19.8. The van der Waals surface area contributed by atoms with E-state index in [4.69, 9.17) is 14.2 Å². The normalized spacial score (nSPS) is 23.8. The van der Waals surface area contributed by atoms with E-state index in [0.29, 0.717) is 22.7 Å². The Morgan fingerprint density at radius 1 is 0.750 bits per heavy atom. The molecule has 0 radical (unpaired) electrons. The van der Waals surface area contributed by atoms with Crippen molar-refractivity contribution in [2.75, 3.05) is 19.1 Å². The summed E-state index contributed by atoms with van der Waals surface area (Å²) in [6.07, 6.45) is -1.04. The van der Waals surface area contributed by atoms with Crippen molar-refractivity contribution in [1.82, 2.24) is 0 Å². The number of carbonyl (C=O) groups is 4. The molecule has 2 amide bonds. The second kappa shape index (κ2) is 7.86. The number of carbonyl (C=O) groups excluding carboxylic acids is 4. The molecule has 0 aromatic heterocycles. The monoisotopic (exact) mass is 483 g/mol. The molecule has 0 unspecified atom stereocenters. The fourth-order valence-electron chi connectivity index (χ4n) is 5.68. The number of imide groups is 1. The molecular weight excluding hydrogens is 462 g/mol. The fraction of sp³-hybridized carbons (Fsp3) is 0.214. The molecule has 0 bridgehead atoms. The van der Waals surface area contributed by atoms with Crippen molar-refractivity contribution in [2.45, 2.75) is 11.7 Å². The maximum Gasteiger partial charge on any atom is 0.241 e. The molecule has 1 aliphatic carbocycles. The van der Waals surface area contributed by atoms with Gasteiger partial charge < -0.3 is 14.2 Å². The SMILES string of the molecule is COc1ccc([C@H]2OC3(C(=O)c4ccccc4C3=O)[C@H]3C(=O)N(c4ccccc4)C(=O)[C@@H]23)cc1OC. The maximum absolute atomic E-state index is 13.9. The Kier molecular flexibility index (Phi) is 4.84. The van der Waals surface area contributed by atoms with Crippen molar-refractivity contribution in [3.05, 3.63) is 89.5 Å². The largest absolute Gasteiger partial charge is 0.493 e. The van der Waals surface area contributed by atoms with Crippen LogP contribution in [-0.4, -0.2) is 43.2 Å². The highest BCUT2D eigenvalue weighted by Crippen LogP contribution is 2.58. The molecule has 36 heavy (non-hydrogen) atoms. The van der Waals surface area contributed by atoms with Crippen LogP contribution in [0.5, 0.6) is 11.5 Å². The van der Waals surface area contributed by atoms with Gasteiger partial charge in [0.1, 0.15) is 0 Å². The van der Waals surface area contributed by atoms with E-state index in [1.807, 2.05) is 0 Å². The van der Waals surface area contributed by atoms with Crippen LogP contribution in [0.3, 0.4) is 0 Å². The molecule has 0 N–H and O–H groups in total. The molecule has 8 heteroatoms. The van der Waals surface area contributed by atoms with E-state index in [1.165, 1.54) is 14.2 Å². The molecule has 3 aliphatic rings. The molecule has 8 nitrogen and oxygen atoms in total. The first-order valence-electron chi connectivity index (χ1n) is 11.4. The molecule has 6 rings (SSSR count). The van der Waals surface area contributed by atoms with Gasteiger partial charge in [-0.15, -0.1) is 0 Å². The number of nitrogens with zero attached hydrogens (tertiary/aromatic N) is 1. The molecule has 3 aromatic carbocycles. The number of ether oxygens (including phenoxy) is 3. The molecule has 0 saturated carbocycles. The van der Waals surface area contributed by atoms with Gasteiger partial charge in [-0.25, -0.2) is 4.90 Å². The average molecular weight is 483 g/mol. The van der Waals surface area contributed by atoms with Crippen molar-refractivity contribution in [3.8, 4) is 11.5 Å². The quantitative estimate of drug-likeness (QED) is 0.414. The van der Waals surface area contributed by atoms with E-state index < -0.39 is 46.9 Å². The average Bonchev–Trinajstić information content (AvgIpc) is 3.48. The van der Waals surface area contributed by atoms with E-state index in [0.717, 1.165) is 4.90 Å². The number of para-hydroxylation sites is 1. The van der Waals surface area contributed by atoms with Gasteiger partial charge in [0.15, 0.2) is 11.5 Å². The second-order valence-electron chi connectivity index (χ2n) is 8.94. The molecule has 180 valence electrons. The van der Waals surface area contributed by atoms with Crippen LogP contribution < -0.4 is 14.4 Å². The Hall–Kier alpha value is -4.30. The lowest BCUT2D eigenvalue weighted by Crippen LogP contribution is -2.51. The summed E-state index contributed by atoms with van der Waals surface area (Å²) in [7, 11) is 2.97. The summed E-state index contributed by atoms with van der Waals surface area (Å²) in [6.45, 7) is 0. The van der Waals surface area contributed by atoms with Gasteiger partial charge in [0, 0.05) is 11.1 Å². The van der Waals surface area contributed by atoms with Crippen molar-refractivity contribution in [3.63, 3.8) is 0 Å². The zero-order chi connectivity index (χ0) is 25.2. The highest BCUT2D eigenvalue weighted by Gasteiger charge is 2.74. The van der Waals surface area contributed by atoms with E-state index in [-0.39, 0.29) is 11.1 Å². The molecule has 2 fully saturated rings. The molecule has 2 heterocycles. The van der Waals surface area contributed by atoms with Gasteiger partial charge in [-0.3, -0.25) is 19.2 Å². The number of benzene rings is 3. The summed E-state index contributed by atoms with van der Waals surface area (Å²) in [4.78, 5) is 56.4. The lowest BCUT2D eigenvalue weighted by molar-refractivity contribution is -0.127. The number of hydrogen-bond donors (Lipinski definition) is 0. The standard InChI is InChI=1S/C28H21NO7/c1-34-19-13-12-15(14-20(19)35-2)23-21-22(27(33)29(26(21)32)16-8-4-3-5-9-16)28(36-23)24(30)17-10-6-7-11-18(17)25(28)31/h3-14,21-23H,1-2H3/t21-,22-,23-/m1/s1. The third-order valence-corrected chi connectivity index (χ3v) is 7.27. The number of anilines is 1. The van der Waals surface area contributed by atoms with Gasteiger partial charge in [-0.1, -0.05) is 48.5 Å². The van der Waals surface area contributed by atoms with Crippen molar-refractivity contribution >= 4 is 29.1 Å². The lowest BCUT2D eigenvalue weighted by Gasteiger charge is -2.27. The molecular formula is C28H21NO7. The summed E-state index contributed by atoms with van der Waals surface area (Å²) in [5.41, 5.74) is -0.881. The number of methoxy groups -OCH3 is 2. The third-order valence-electron chi connectivity index (χ3n) is 7.27. The zero-order valence-electron chi connectivity index (χ0n) is 19.5. The van der Waals surface area contributed by atoms with Crippen LogP contribution in [-0.2, 0) is 14.3 Å². The molecule has 2 aliphatic heterocycles. The van der Waals surface area contributed by atoms with Gasteiger partial charge in [-0.05, 0) is 29.8 Å². The summed E-state index contributed by atoms with van der Waals surface area (Å²) in [5, 5.41) is 0. The van der Waals surface area contributed by atoms with E-state index in [2.05, 4.69) is 0 Å². The van der Waals surface area contributed by atoms with Gasteiger partial charge in [0.25, 0.3) is 0 Å². The van der Waals surface area contributed by atoms with E-state index in [9.17, 15) is 19.2 Å². The van der Waals surface area contributed by atoms with Crippen molar-refractivity contribution in [1.29, 1.82) is 0 Å². The van der Waals surface area contributed by atoms with Crippen LogP contribution >= 0.6 is 0 Å². The van der Waals surface area contributed by atoms with Gasteiger partial charge in [0.2, 0.25) is 29.0 Å². The Morgan fingerprint density at radius 2 is 1.36 bits per heavy atom. The zero-order valence-corrected chi connectivity index (χ0v) is 19.5. The second-order valence-corrected chi connectivity index (χ2v) is 8.94. The van der Waals surface area contributed by atoms with Gasteiger partial charge >= 0.3 is 0 Å². The first kappa shape index (κ1) is 22.2. The Labute approximate surface area is 206 Å². The van der Waals surface area contributed by atoms with Crippen LogP contribution in [0.25, 0.3) is 0 Å². The Morgan fingerprint density at radius 3 is 1.97 bits per heavy atom. The first-order chi connectivity index (χ1) is 17.4. The van der Waals surface area contributed by atoms with E-state index in [1.54, 1.807) is 72.8 Å². The molecule has 2 saturated heterocycles.